The molecule has 0 saturated heterocycles. The quantitative estimate of drug-likeness (QED) is 0.665. The fourth-order valence-corrected chi connectivity index (χ4v) is 2.98. The number of hydrogen-bond donors (Lipinski definition) is 1. The number of hydrogen-bond acceptors (Lipinski definition) is 3. The zero-order valence-electron chi connectivity index (χ0n) is 13.1. The van der Waals surface area contributed by atoms with Crippen LogP contribution in [0.15, 0.2) is 42.5 Å². The number of benzene rings is 2. The third-order valence-corrected chi connectivity index (χ3v) is 4.34. The highest BCUT2D eigenvalue weighted by Gasteiger charge is 2.26. The molecule has 3 rings (SSSR count). The monoisotopic (exact) mass is 362 g/mol. The van der Waals surface area contributed by atoms with Crippen molar-refractivity contribution in [2.75, 3.05) is 6.61 Å². The molecule has 24 heavy (non-hydrogen) atoms. The Kier molecular flexibility index (Phi) is 5.07. The van der Waals surface area contributed by atoms with E-state index in [1.54, 1.807) is 25.1 Å². The Morgan fingerprint density at radius 1 is 1.25 bits per heavy atom. The molecular formula is C18H16Cl2N2O2. The largest absolute Gasteiger partial charge is 0.465 e. The van der Waals surface area contributed by atoms with Gasteiger partial charge in [0.15, 0.2) is 0 Å². The van der Waals surface area contributed by atoms with Gasteiger partial charge < -0.3 is 9.72 Å². The van der Waals surface area contributed by atoms with Crippen molar-refractivity contribution in [1.29, 1.82) is 0 Å². The number of rotatable bonds is 5. The molecule has 124 valence electrons. The first kappa shape index (κ1) is 16.8. The maximum absolute atomic E-state index is 12.5. The summed E-state index contributed by atoms with van der Waals surface area (Å²) in [5.74, 6) is -0.355. The van der Waals surface area contributed by atoms with Crippen molar-refractivity contribution >= 4 is 40.2 Å². The SMILES string of the molecule is CCOC(=O)[C@H](Cc1cc(Cl)ccc1Cl)c1nc2ccccc2[nH]1. The fourth-order valence-electron chi connectivity index (χ4n) is 2.59. The average Bonchev–Trinajstić information content (AvgIpc) is 2.99. The van der Waals surface area contributed by atoms with Gasteiger partial charge in [-0.05, 0) is 49.2 Å². The van der Waals surface area contributed by atoms with Crippen molar-refractivity contribution in [2.24, 2.45) is 0 Å². The number of ether oxygens (including phenoxy) is 1. The van der Waals surface area contributed by atoms with Gasteiger partial charge in [-0.15, -0.1) is 0 Å². The summed E-state index contributed by atoms with van der Waals surface area (Å²) >= 11 is 12.3. The van der Waals surface area contributed by atoms with E-state index in [9.17, 15) is 4.79 Å². The topological polar surface area (TPSA) is 55.0 Å². The zero-order valence-corrected chi connectivity index (χ0v) is 14.6. The van der Waals surface area contributed by atoms with Gasteiger partial charge in [-0.1, -0.05) is 35.3 Å². The lowest BCUT2D eigenvalue weighted by Crippen LogP contribution is -2.19. The highest BCUT2D eigenvalue weighted by molar-refractivity contribution is 6.33. The number of imidazole rings is 1. The Bertz CT molecular complexity index is 843. The Hall–Kier alpha value is -2.04. The van der Waals surface area contributed by atoms with E-state index in [1.807, 2.05) is 24.3 Å². The zero-order chi connectivity index (χ0) is 17.1. The molecule has 6 heteroatoms. The molecule has 2 aromatic carbocycles. The number of aromatic nitrogens is 2. The van der Waals surface area contributed by atoms with Crippen molar-refractivity contribution < 1.29 is 9.53 Å². The van der Waals surface area contributed by atoms with Crippen LogP contribution in [0.2, 0.25) is 10.0 Å². The molecule has 0 amide bonds. The Balaban J connectivity index is 1.99. The molecule has 0 fully saturated rings. The van der Waals surface area contributed by atoms with Crippen LogP contribution in [0.4, 0.5) is 0 Å². The van der Waals surface area contributed by atoms with E-state index in [4.69, 9.17) is 27.9 Å². The summed E-state index contributed by atoms with van der Waals surface area (Å²) in [6.07, 6.45) is 0.359. The van der Waals surface area contributed by atoms with E-state index in [2.05, 4.69) is 9.97 Å². The predicted octanol–water partition coefficient (Wildman–Crippen LogP) is 4.76. The number of aromatic amines is 1. The number of halogens is 2. The minimum Gasteiger partial charge on any atom is -0.465 e. The highest BCUT2D eigenvalue weighted by Crippen LogP contribution is 2.28. The Morgan fingerprint density at radius 3 is 2.79 bits per heavy atom. The van der Waals surface area contributed by atoms with Crippen LogP contribution in [0.3, 0.4) is 0 Å². The smallest absolute Gasteiger partial charge is 0.316 e. The summed E-state index contributed by atoms with van der Waals surface area (Å²) in [5, 5.41) is 1.13. The highest BCUT2D eigenvalue weighted by atomic mass is 35.5. The van der Waals surface area contributed by atoms with Crippen LogP contribution in [-0.4, -0.2) is 22.5 Å². The number of fused-ring (bicyclic) bond motifs is 1. The molecule has 0 aliphatic carbocycles. The number of carbonyl (C=O) groups excluding carboxylic acids is 1. The molecular weight excluding hydrogens is 347 g/mol. The molecule has 1 aromatic heterocycles. The average molecular weight is 363 g/mol. The van der Waals surface area contributed by atoms with Gasteiger partial charge in [0.1, 0.15) is 11.7 Å². The summed E-state index contributed by atoms with van der Waals surface area (Å²) in [6, 6.07) is 12.8. The van der Waals surface area contributed by atoms with Crippen LogP contribution in [0, 0.1) is 0 Å². The van der Waals surface area contributed by atoms with Crippen LogP contribution in [0.5, 0.6) is 0 Å². The maximum Gasteiger partial charge on any atom is 0.316 e. The van der Waals surface area contributed by atoms with E-state index in [0.717, 1.165) is 16.6 Å². The predicted molar refractivity (Wildman–Crippen MR) is 95.6 cm³/mol. The lowest BCUT2D eigenvalue weighted by atomic mass is 9.98. The van der Waals surface area contributed by atoms with Crippen molar-refractivity contribution in [3.63, 3.8) is 0 Å². The number of carbonyl (C=O) groups is 1. The van der Waals surface area contributed by atoms with E-state index in [1.165, 1.54) is 0 Å². The third-order valence-electron chi connectivity index (χ3n) is 3.74. The first-order chi connectivity index (χ1) is 11.6. The lowest BCUT2D eigenvalue weighted by Gasteiger charge is -2.14. The van der Waals surface area contributed by atoms with E-state index in [-0.39, 0.29) is 5.97 Å². The van der Waals surface area contributed by atoms with Gasteiger partial charge in [0.05, 0.1) is 17.6 Å². The van der Waals surface area contributed by atoms with Crippen molar-refractivity contribution in [2.45, 2.75) is 19.3 Å². The molecule has 0 unspecified atom stereocenters. The minimum absolute atomic E-state index is 0.304. The molecule has 0 bridgehead atoms. The van der Waals surface area contributed by atoms with Gasteiger partial charge in [0.2, 0.25) is 0 Å². The number of H-pyrrole nitrogens is 1. The number of para-hydroxylation sites is 2. The lowest BCUT2D eigenvalue weighted by molar-refractivity contribution is -0.145. The summed E-state index contributed by atoms with van der Waals surface area (Å²) in [6.45, 7) is 2.08. The van der Waals surface area contributed by atoms with Crippen molar-refractivity contribution in [3.8, 4) is 0 Å². The first-order valence-electron chi connectivity index (χ1n) is 7.63. The van der Waals surface area contributed by atoms with Gasteiger partial charge >= 0.3 is 5.97 Å². The second-order valence-corrected chi connectivity index (χ2v) is 6.23. The normalized spacial score (nSPS) is 12.3. The number of nitrogens with one attached hydrogen (secondary N) is 1. The third kappa shape index (κ3) is 3.55. The fraction of sp³-hybridized carbons (Fsp3) is 0.222. The first-order valence-corrected chi connectivity index (χ1v) is 8.39. The summed E-state index contributed by atoms with van der Waals surface area (Å²) in [5.41, 5.74) is 2.46. The molecule has 3 aromatic rings. The van der Waals surface area contributed by atoms with Crippen molar-refractivity contribution in [3.05, 3.63) is 63.9 Å². The van der Waals surface area contributed by atoms with E-state index >= 15 is 0 Å². The molecule has 4 nitrogen and oxygen atoms in total. The van der Waals surface area contributed by atoms with Gasteiger partial charge in [-0.25, -0.2) is 4.98 Å². The van der Waals surface area contributed by atoms with Crippen molar-refractivity contribution in [1.82, 2.24) is 9.97 Å². The van der Waals surface area contributed by atoms with Gasteiger partial charge in [0.25, 0.3) is 0 Å². The number of esters is 1. The standard InChI is InChI=1S/C18H16Cl2N2O2/c1-2-24-18(23)13(10-11-9-12(19)7-8-14(11)20)17-21-15-5-3-4-6-16(15)22-17/h3-9,13H,2,10H2,1H3,(H,21,22)/t13-/m1/s1. The van der Waals surface area contributed by atoms with Crippen LogP contribution in [-0.2, 0) is 16.0 Å². The van der Waals surface area contributed by atoms with E-state index < -0.39 is 5.92 Å². The van der Waals surface area contributed by atoms with E-state index in [0.29, 0.717) is 28.9 Å². The van der Waals surface area contributed by atoms with Crippen LogP contribution in [0.25, 0.3) is 11.0 Å². The molecule has 1 heterocycles. The second-order valence-electron chi connectivity index (χ2n) is 5.38. The van der Waals surface area contributed by atoms with Gasteiger partial charge in [-0.3, -0.25) is 4.79 Å². The molecule has 0 aliphatic heterocycles. The Morgan fingerprint density at radius 2 is 2.04 bits per heavy atom. The van der Waals surface area contributed by atoms with Crippen LogP contribution in [0.1, 0.15) is 24.2 Å². The summed E-state index contributed by atoms with van der Waals surface area (Å²) < 4.78 is 5.22. The minimum atomic E-state index is -0.576. The summed E-state index contributed by atoms with van der Waals surface area (Å²) in [4.78, 5) is 20.2. The maximum atomic E-state index is 12.5. The number of nitrogens with zero attached hydrogens (tertiary/aromatic N) is 1. The van der Waals surface area contributed by atoms with Gasteiger partial charge in [0, 0.05) is 10.0 Å². The summed E-state index contributed by atoms with van der Waals surface area (Å²) in [7, 11) is 0. The van der Waals surface area contributed by atoms with Gasteiger partial charge in [-0.2, -0.15) is 0 Å². The molecule has 1 atom stereocenters. The molecule has 0 spiro atoms. The molecule has 0 saturated carbocycles. The Labute approximate surface area is 149 Å². The molecule has 0 radical (unpaired) electrons. The van der Waals surface area contributed by atoms with Crippen LogP contribution >= 0.6 is 23.2 Å². The van der Waals surface area contributed by atoms with Crippen LogP contribution < -0.4 is 0 Å². The second kappa shape index (κ2) is 7.24. The molecule has 0 aliphatic rings. The molecule has 1 N–H and O–H groups in total.